The Labute approximate surface area is 107 Å². The maximum Gasteiger partial charge on any atom is 0.00963 e. The number of rotatable bonds is 3. The first-order valence-corrected chi connectivity index (χ1v) is 7.70. The van der Waals surface area contributed by atoms with Crippen molar-refractivity contribution in [3.05, 3.63) is 0 Å². The zero-order valence-electron chi connectivity index (χ0n) is 11.8. The molecule has 0 bridgehead atoms. The molecule has 17 heavy (non-hydrogen) atoms. The summed E-state index contributed by atoms with van der Waals surface area (Å²) >= 11 is 0. The lowest BCUT2D eigenvalue weighted by atomic mass is 9.89. The highest BCUT2D eigenvalue weighted by molar-refractivity contribution is 4.84. The highest BCUT2D eigenvalue weighted by Gasteiger charge is 2.27. The van der Waals surface area contributed by atoms with E-state index in [1.54, 1.807) is 0 Å². The normalized spacial score (nSPS) is 32.6. The van der Waals surface area contributed by atoms with Gasteiger partial charge in [-0.2, -0.15) is 0 Å². The molecule has 0 radical (unpaired) electrons. The lowest BCUT2D eigenvalue weighted by Gasteiger charge is -2.39. The van der Waals surface area contributed by atoms with Crippen molar-refractivity contribution in [1.29, 1.82) is 0 Å². The monoisotopic (exact) mass is 238 g/mol. The highest BCUT2D eigenvalue weighted by Crippen LogP contribution is 2.28. The van der Waals surface area contributed by atoms with Gasteiger partial charge in [-0.25, -0.2) is 0 Å². The smallest absolute Gasteiger partial charge is 0.00963 e. The third-order valence-electron chi connectivity index (χ3n) is 5.08. The largest absolute Gasteiger partial charge is 0.317 e. The van der Waals surface area contributed by atoms with Gasteiger partial charge in [-0.1, -0.05) is 25.7 Å². The first kappa shape index (κ1) is 13.4. The summed E-state index contributed by atoms with van der Waals surface area (Å²) in [7, 11) is 4.50. The van der Waals surface area contributed by atoms with Crippen LogP contribution in [0.4, 0.5) is 0 Å². The van der Waals surface area contributed by atoms with Crippen LogP contribution in [0.2, 0.25) is 0 Å². The summed E-state index contributed by atoms with van der Waals surface area (Å²) in [5, 5.41) is 3.43. The molecular formula is C15H30N2. The summed E-state index contributed by atoms with van der Waals surface area (Å²) in [6.45, 7) is 0. The van der Waals surface area contributed by atoms with Crippen molar-refractivity contribution < 1.29 is 0 Å². The van der Waals surface area contributed by atoms with Gasteiger partial charge in [-0.3, -0.25) is 0 Å². The molecule has 2 rings (SSSR count). The summed E-state index contributed by atoms with van der Waals surface area (Å²) in [6.07, 6.45) is 14.3. The van der Waals surface area contributed by atoms with E-state index in [-0.39, 0.29) is 0 Å². The molecule has 0 atom stereocenters. The van der Waals surface area contributed by atoms with E-state index in [1.165, 1.54) is 64.2 Å². The average Bonchev–Trinajstić information content (AvgIpc) is 2.67. The Morgan fingerprint density at radius 2 is 1.29 bits per heavy atom. The number of hydrogen-bond acceptors (Lipinski definition) is 2. The van der Waals surface area contributed by atoms with Crippen molar-refractivity contribution in [2.45, 2.75) is 82.3 Å². The summed E-state index contributed by atoms with van der Waals surface area (Å²) in [5.41, 5.74) is 0. The second-order valence-corrected chi connectivity index (χ2v) is 6.10. The average molecular weight is 238 g/mol. The number of nitrogens with one attached hydrogen (secondary N) is 1. The Kier molecular flexibility index (Phi) is 5.30. The van der Waals surface area contributed by atoms with Crippen molar-refractivity contribution in [2.24, 2.45) is 0 Å². The predicted octanol–water partition coefficient (Wildman–Crippen LogP) is 3.17. The van der Waals surface area contributed by atoms with Gasteiger partial charge in [-0.15, -0.1) is 0 Å². The maximum absolute atomic E-state index is 3.43. The second-order valence-electron chi connectivity index (χ2n) is 6.10. The van der Waals surface area contributed by atoms with Gasteiger partial charge in [-0.05, 0) is 52.6 Å². The van der Waals surface area contributed by atoms with Gasteiger partial charge < -0.3 is 10.2 Å². The quantitative estimate of drug-likeness (QED) is 0.760. The van der Waals surface area contributed by atoms with Crippen molar-refractivity contribution >= 4 is 0 Å². The van der Waals surface area contributed by atoms with Crippen LogP contribution in [0.15, 0.2) is 0 Å². The van der Waals surface area contributed by atoms with Crippen LogP contribution in [-0.4, -0.2) is 37.1 Å². The Morgan fingerprint density at radius 3 is 1.82 bits per heavy atom. The standard InChI is InChI=1S/C15H30N2/c1-16-13-9-11-15(12-10-13)17(2)14-7-5-3-4-6-8-14/h13-16H,3-12H2,1-2H3. The van der Waals surface area contributed by atoms with E-state index in [0.29, 0.717) is 0 Å². The van der Waals surface area contributed by atoms with Gasteiger partial charge in [0.15, 0.2) is 0 Å². The first-order chi connectivity index (χ1) is 8.31. The molecule has 0 aromatic carbocycles. The zero-order valence-corrected chi connectivity index (χ0v) is 11.8. The molecule has 0 aromatic rings. The minimum Gasteiger partial charge on any atom is -0.317 e. The van der Waals surface area contributed by atoms with Crippen molar-refractivity contribution in [3.8, 4) is 0 Å². The van der Waals surface area contributed by atoms with Gasteiger partial charge >= 0.3 is 0 Å². The van der Waals surface area contributed by atoms with Crippen molar-refractivity contribution in [3.63, 3.8) is 0 Å². The summed E-state index contributed by atoms with van der Waals surface area (Å²) in [4.78, 5) is 2.73. The molecule has 0 aromatic heterocycles. The van der Waals surface area contributed by atoms with Crippen LogP contribution in [0.25, 0.3) is 0 Å². The molecule has 2 heteroatoms. The molecule has 0 unspecified atom stereocenters. The van der Waals surface area contributed by atoms with Gasteiger partial charge in [0.05, 0.1) is 0 Å². The molecule has 100 valence electrons. The van der Waals surface area contributed by atoms with E-state index in [1.807, 2.05) is 0 Å². The fraction of sp³-hybridized carbons (Fsp3) is 1.00. The first-order valence-electron chi connectivity index (χ1n) is 7.70. The number of nitrogens with zero attached hydrogens (tertiary/aromatic N) is 1. The topological polar surface area (TPSA) is 15.3 Å². The maximum atomic E-state index is 3.43. The van der Waals surface area contributed by atoms with E-state index in [0.717, 1.165) is 18.1 Å². The summed E-state index contributed by atoms with van der Waals surface area (Å²) in [6, 6.07) is 2.53. The Morgan fingerprint density at radius 1 is 0.765 bits per heavy atom. The molecule has 2 nitrogen and oxygen atoms in total. The highest BCUT2D eigenvalue weighted by atomic mass is 15.2. The molecule has 1 N–H and O–H groups in total. The van der Waals surface area contributed by atoms with Crippen LogP contribution >= 0.6 is 0 Å². The second kappa shape index (κ2) is 6.75. The van der Waals surface area contributed by atoms with E-state index >= 15 is 0 Å². The SMILES string of the molecule is CNC1CCC(N(C)C2CCCCCC2)CC1. The molecule has 2 fully saturated rings. The Balaban J connectivity index is 1.80. The van der Waals surface area contributed by atoms with Crippen LogP contribution in [0, 0.1) is 0 Å². The lowest BCUT2D eigenvalue weighted by molar-refractivity contribution is 0.117. The van der Waals surface area contributed by atoms with E-state index in [4.69, 9.17) is 0 Å². The number of hydrogen-bond donors (Lipinski definition) is 1. The summed E-state index contributed by atoms with van der Waals surface area (Å²) < 4.78 is 0. The molecular weight excluding hydrogens is 208 g/mol. The van der Waals surface area contributed by atoms with Crippen LogP contribution in [0.3, 0.4) is 0 Å². The van der Waals surface area contributed by atoms with Gasteiger partial charge in [0, 0.05) is 18.1 Å². The third-order valence-corrected chi connectivity index (χ3v) is 5.08. The van der Waals surface area contributed by atoms with E-state index in [9.17, 15) is 0 Å². The van der Waals surface area contributed by atoms with Crippen LogP contribution in [0.5, 0.6) is 0 Å². The lowest BCUT2D eigenvalue weighted by Crippen LogP contribution is -2.44. The van der Waals surface area contributed by atoms with Crippen molar-refractivity contribution in [2.75, 3.05) is 14.1 Å². The fourth-order valence-electron chi connectivity index (χ4n) is 3.73. The molecule has 2 aliphatic rings. The molecule has 0 amide bonds. The Bertz CT molecular complexity index is 201. The minimum absolute atomic E-state index is 0.786. The van der Waals surface area contributed by atoms with Gasteiger partial charge in [0.25, 0.3) is 0 Å². The van der Waals surface area contributed by atoms with Crippen LogP contribution in [0.1, 0.15) is 64.2 Å². The zero-order chi connectivity index (χ0) is 12.1. The third kappa shape index (κ3) is 3.69. The van der Waals surface area contributed by atoms with Crippen LogP contribution in [-0.2, 0) is 0 Å². The molecule has 0 heterocycles. The fourth-order valence-corrected chi connectivity index (χ4v) is 3.73. The summed E-state index contributed by atoms with van der Waals surface area (Å²) in [5.74, 6) is 0. The van der Waals surface area contributed by atoms with E-state index in [2.05, 4.69) is 24.3 Å². The van der Waals surface area contributed by atoms with Crippen LogP contribution < -0.4 is 5.32 Å². The molecule has 0 spiro atoms. The van der Waals surface area contributed by atoms with Gasteiger partial charge in [0.1, 0.15) is 0 Å². The molecule has 2 saturated carbocycles. The molecule has 0 saturated heterocycles. The van der Waals surface area contributed by atoms with E-state index < -0.39 is 0 Å². The Hall–Kier alpha value is -0.0800. The molecule has 2 aliphatic carbocycles. The predicted molar refractivity (Wildman–Crippen MR) is 74.4 cm³/mol. The van der Waals surface area contributed by atoms with Gasteiger partial charge in [0.2, 0.25) is 0 Å². The minimum atomic E-state index is 0.786. The molecule has 0 aliphatic heterocycles. The van der Waals surface area contributed by atoms with Crippen molar-refractivity contribution in [1.82, 2.24) is 10.2 Å².